The molecule has 28 heavy (non-hydrogen) atoms. The van der Waals surface area contributed by atoms with Crippen LogP contribution in [0.5, 0.6) is 5.75 Å². The van der Waals surface area contributed by atoms with E-state index in [0.717, 1.165) is 28.1 Å². The number of nitrogens with zero attached hydrogens (tertiary/aromatic N) is 1. The van der Waals surface area contributed by atoms with Gasteiger partial charge in [0.05, 0.1) is 16.8 Å². The molecular formula is C24H15NO3. The van der Waals surface area contributed by atoms with Gasteiger partial charge in [0, 0.05) is 16.7 Å². The van der Waals surface area contributed by atoms with Gasteiger partial charge < -0.3 is 9.52 Å². The fourth-order valence-corrected chi connectivity index (χ4v) is 3.49. The average Bonchev–Trinajstić information content (AvgIpc) is 3.10. The third-order valence-electron chi connectivity index (χ3n) is 4.84. The Morgan fingerprint density at radius 3 is 2.43 bits per heavy atom. The normalized spacial score (nSPS) is 14.3. The molecule has 2 heterocycles. The molecule has 0 bridgehead atoms. The minimum atomic E-state index is -0.583. The smallest absolute Gasteiger partial charge is 0.347 e. The maximum absolute atomic E-state index is 12.6. The van der Waals surface area contributed by atoms with Crippen LogP contribution in [0.3, 0.4) is 0 Å². The molecule has 134 valence electrons. The maximum Gasteiger partial charge on any atom is 0.347 e. The van der Waals surface area contributed by atoms with Crippen molar-refractivity contribution in [2.45, 2.75) is 0 Å². The molecule has 0 aliphatic carbocycles. The molecule has 0 spiro atoms. The molecule has 4 aromatic rings. The van der Waals surface area contributed by atoms with Crippen molar-refractivity contribution in [3.8, 4) is 5.75 Å². The lowest BCUT2D eigenvalue weighted by molar-refractivity contribution is 0.466. The molecular weight excluding hydrogens is 350 g/mol. The minimum Gasteiger partial charge on any atom is -0.506 e. The van der Waals surface area contributed by atoms with Gasteiger partial charge in [0.2, 0.25) is 0 Å². The van der Waals surface area contributed by atoms with E-state index in [0.29, 0.717) is 11.0 Å². The summed E-state index contributed by atoms with van der Waals surface area (Å²) in [6.45, 7) is 0. The van der Waals surface area contributed by atoms with E-state index in [1.54, 1.807) is 30.3 Å². The van der Waals surface area contributed by atoms with E-state index in [1.165, 1.54) is 0 Å². The number of hydrogen-bond donors (Lipinski definition) is 1. The first kappa shape index (κ1) is 16.3. The minimum absolute atomic E-state index is 0.0869. The molecule has 0 saturated heterocycles. The standard InChI is InChI=1S/C24H15NO3/c26-23-17-11-5-7-13-21(17)28-24(27)19(23)14-18-16-10-4-6-12-20(16)25-22(18)15-8-2-1-3-9-15/h1-14,26H/b18-14-. The first-order valence-corrected chi connectivity index (χ1v) is 8.93. The van der Waals surface area contributed by atoms with Crippen LogP contribution in [-0.4, -0.2) is 10.8 Å². The van der Waals surface area contributed by atoms with E-state index >= 15 is 0 Å². The summed E-state index contributed by atoms with van der Waals surface area (Å²) in [5.41, 5.74) is 4.11. The molecule has 0 fully saturated rings. The summed E-state index contributed by atoms with van der Waals surface area (Å²) in [6, 6.07) is 24.5. The van der Waals surface area contributed by atoms with Gasteiger partial charge in [-0.2, -0.15) is 0 Å². The average molecular weight is 365 g/mol. The van der Waals surface area contributed by atoms with Gasteiger partial charge in [-0.05, 0) is 24.3 Å². The quantitative estimate of drug-likeness (QED) is 0.498. The Balaban J connectivity index is 1.77. The first-order chi connectivity index (χ1) is 13.7. The summed E-state index contributed by atoms with van der Waals surface area (Å²) in [6.07, 6.45) is 1.67. The van der Waals surface area contributed by atoms with Crippen LogP contribution in [-0.2, 0) is 0 Å². The number of para-hydroxylation sites is 2. The van der Waals surface area contributed by atoms with E-state index in [1.807, 2.05) is 54.6 Å². The van der Waals surface area contributed by atoms with Crippen LogP contribution in [0.15, 0.2) is 93.1 Å². The lowest BCUT2D eigenvalue weighted by Gasteiger charge is -2.07. The van der Waals surface area contributed by atoms with E-state index in [-0.39, 0.29) is 11.3 Å². The van der Waals surface area contributed by atoms with Gasteiger partial charge in [-0.3, -0.25) is 0 Å². The van der Waals surface area contributed by atoms with Crippen molar-refractivity contribution in [3.05, 3.63) is 106 Å². The van der Waals surface area contributed by atoms with E-state index in [2.05, 4.69) is 0 Å². The number of allylic oxidation sites excluding steroid dienone is 1. The highest BCUT2D eigenvalue weighted by Gasteiger charge is 2.23. The summed E-state index contributed by atoms with van der Waals surface area (Å²) in [5.74, 6) is -0.0869. The highest BCUT2D eigenvalue weighted by atomic mass is 16.4. The SMILES string of the molecule is O=c1oc2ccccc2c(O)c1/C=C1\C(c2ccccc2)=Nc2ccccc21. The van der Waals surface area contributed by atoms with Gasteiger partial charge in [0.1, 0.15) is 16.9 Å². The Hall–Kier alpha value is -3.92. The van der Waals surface area contributed by atoms with Crippen LogP contribution < -0.4 is 5.63 Å². The summed E-state index contributed by atoms with van der Waals surface area (Å²) in [4.78, 5) is 17.3. The Morgan fingerprint density at radius 2 is 1.57 bits per heavy atom. The molecule has 1 aliphatic heterocycles. The second kappa shape index (κ2) is 6.35. The van der Waals surface area contributed by atoms with Crippen LogP contribution >= 0.6 is 0 Å². The number of aromatic hydroxyl groups is 1. The number of benzene rings is 3. The monoisotopic (exact) mass is 365 g/mol. The van der Waals surface area contributed by atoms with Gasteiger partial charge in [0.15, 0.2) is 0 Å². The van der Waals surface area contributed by atoms with Crippen molar-refractivity contribution < 1.29 is 9.52 Å². The van der Waals surface area contributed by atoms with Crippen molar-refractivity contribution in [2.75, 3.05) is 0 Å². The highest BCUT2D eigenvalue weighted by Crippen LogP contribution is 2.39. The van der Waals surface area contributed by atoms with Crippen LogP contribution in [0, 0.1) is 0 Å². The Labute approximate surface area is 160 Å². The number of fused-ring (bicyclic) bond motifs is 2. The van der Waals surface area contributed by atoms with Crippen LogP contribution in [0.2, 0.25) is 0 Å². The second-order valence-electron chi connectivity index (χ2n) is 6.55. The van der Waals surface area contributed by atoms with Gasteiger partial charge >= 0.3 is 5.63 Å². The van der Waals surface area contributed by atoms with E-state index in [4.69, 9.17) is 9.41 Å². The number of aliphatic imine (C=N–C) groups is 1. The zero-order chi connectivity index (χ0) is 19.1. The molecule has 0 amide bonds. The van der Waals surface area contributed by atoms with Crippen LogP contribution in [0.1, 0.15) is 16.7 Å². The summed E-state index contributed by atoms with van der Waals surface area (Å²) >= 11 is 0. The Kier molecular flexibility index (Phi) is 3.69. The van der Waals surface area contributed by atoms with Crippen molar-refractivity contribution in [3.63, 3.8) is 0 Å². The van der Waals surface area contributed by atoms with Crippen LogP contribution in [0.4, 0.5) is 5.69 Å². The maximum atomic E-state index is 12.6. The van der Waals surface area contributed by atoms with Crippen molar-refractivity contribution in [2.24, 2.45) is 4.99 Å². The molecule has 0 saturated carbocycles. The zero-order valence-corrected chi connectivity index (χ0v) is 14.8. The molecule has 1 aliphatic rings. The number of hydrogen-bond acceptors (Lipinski definition) is 4. The second-order valence-corrected chi connectivity index (χ2v) is 6.55. The molecule has 3 aromatic carbocycles. The van der Waals surface area contributed by atoms with Crippen molar-refractivity contribution in [1.82, 2.24) is 0 Å². The summed E-state index contributed by atoms with van der Waals surface area (Å²) in [7, 11) is 0. The molecule has 0 unspecified atom stereocenters. The predicted molar refractivity (Wildman–Crippen MR) is 111 cm³/mol. The summed E-state index contributed by atoms with van der Waals surface area (Å²) in [5, 5.41) is 11.2. The fraction of sp³-hybridized carbons (Fsp3) is 0. The molecule has 5 rings (SSSR count). The van der Waals surface area contributed by atoms with Crippen molar-refractivity contribution in [1.29, 1.82) is 0 Å². The largest absolute Gasteiger partial charge is 0.506 e. The van der Waals surface area contributed by atoms with Crippen LogP contribution in [0.25, 0.3) is 22.6 Å². The zero-order valence-electron chi connectivity index (χ0n) is 14.8. The third kappa shape index (κ3) is 2.55. The molecule has 1 N–H and O–H groups in total. The lowest BCUT2D eigenvalue weighted by atomic mass is 9.96. The van der Waals surface area contributed by atoms with Gasteiger partial charge in [-0.25, -0.2) is 9.79 Å². The van der Waals surface area contributed by atoms with Gasteiger partial charge in [-0.15, -0.1) is 0 Å². The highest BCUT2D eigenvalue weighted by molar-refractivity contribution is 6.39. The topological polar surface area (TPSA) is 62.8 Å². The lowest BCUT2D eigenvalue weighted by Crippen LogP contribution is -2.06. The summed E-state index contributed by atoms with van der Waals surface area (Å²) < 4.78 is 5.41. The predicted octanol–water partition coefficient (Wildman–Crippen LogP) is 5.17. The van der Waals surface area contributed by atoms with Gasteiger partial charge in [-0.1, -0.05) is 60.7 Å². The molecule has 0 atom stereocenters. The number of rotatable bonds is 2. The molecule has 0 radical (unpaired) electrons. The first-order valence-electron chi connectivity index (χ1n) is 8.93. The fourth-order valence-electron chi connectivity index (χ4n) is 3.49. The molecule has 4 heteroatoms. The Morgan fingerprint density at radius 1 is 0.857 bits per heavy atom. The van der Waals surface area contributed by atoms with Gasteiger partial charge in [0.25, 0.3) is 0 Å². The molecule has 4 nitrogen and oxygen atoms in total. The molecule has 1 aromatic heterocycles. The van der Waals surface area contributed by atoms with Crippen molar-refractivity contribution >= 4 is 34.0 Å². The van der Waals surface area contributed by atoms with E-state index in [9.17, 15) is 9.90 Å². The third-order valence-corrected chi connectivity index (χ3v) is 4.84. The Bertz CT molecular complexity index is 1330. The van der Waals surface area contributed by atoms with E-state index < -0.39 is 5.63 Å².